The molecule has 136 valence electrons. The molecule has 1 aliphatic carbocycles. The van der Waals surface area contributed by atoms with Gasteiger partial charge in [0.15, 0.2) is 5.96 Å². The van der Waals surface area contributed by atoms with Gasteiger partial charge in [-0.2, -0.15) is 23.5 Å². The Morgan fingerprint density at radius 2 is 1.87 bits per heavy atom. The summed E-state index contributed by atoms with van der Waals surface area (Å²) in [7, 11) is 1.87. The number of guanidine groups is 1. The lowest BCUT2D eigenvalue weighted by Gasteiger charge is -2.48. The fraction of sp³-hybridized carbons (Fsp3) is 0.938. The van der Waals surface area contributed by atoms with Crippen molar-refractivity contribution in [1.29, 1.82) is 0 Å². The summed E-state index contributed by atoms with van der Waals surface area (Å²) in [6.45, 7) is 4.53. The Hall–Kier alpha value is 0.660. The SMILES string of the molecule is CN=C(NCCSC)NCC1(N2CCSCC2)CCCCC1.I. The number of rotatable bonds is 6. The van der Waals surface area contributed by atoms with Gasteiger partial charge in [-0.3, -0.25) is 9.89 Å². The second kappa shape index (κ2) is 12.1. The van der Waals surface area contributed by atoms with Crippen LogP contribution in [-0.4, -0.2) is 73.1 Å². The van der Waals surface area contributed by atoms with Gasteiger partial charge >= 0.3 is 0 Å². The first-order valence-corrected chi connectivity index (χ1v) is 11.1. The minimum atomic E-state index is 0. The quantitative estimate of drug-likeness (QED) is 0.269. The summed E-state index contributed by atoms with van der Waals surface area (Å²) < 4.78 is 0. The molecule has 0 spiro atoms. The highest BCUT2D eigenvalue weighted by molar-refractivity contribution is 14.0. The van der Waals surface area contributed by atoms with Crippen LogP contribution >= 0.6 is 47.5 Å². The Morgan fingerprint density at radius 1 is 1.17 bits per heavy atom. The van der Waals surface area contributed by atoms with Crippen LogP contribution in [0.3, 0.4) is 0 Å². The molecule has 0 aromatic carbocycles. The minimum absolute atomic E-state index is 0. The lowest BCUT2D eigenvalue weighted by Crippen LogP contribution is -2.59. The molecule has 1 saturated carbocycles. The Kier molecular flexibility index (Phi) is 11.4. The lowest BCUT2D eigenvalue weighted by molar-refractivity contribution is 0.0626. The minimum Gasteiger partial charge on any atom is -0.356 e. The van der Waals surface area contributed by atoms with E-state index < -0.39 is 0 Å². The highest BCUT2D eigenvalue weighted by atomic mass is 127. The molecular weight excluding hydrogens is 439 g/mol. The van der Waals surface area contributed by atoms with Crippen LogP contribution in [0.1, 0.15) is 32.1 Å². The first kappa shape index (κ1) is 21.7. The summed E-state index contributed by atoms with van der Waals surface area (Å²) in [5.41, 5.74) is 0.357. The van der Waals surface area contributed by atoms with E-state index in [0.717, 1.165) is 24.8 Å². The van der Waals surface area contributed by atoms with Crippen LogP contribution in [0, 0.1) is 0 Å². The summed E-state index contributed by atoms with van der Waals surface area (Å²) in [5.74, 6) is 4.67. The van der Waals surface area contributed by atoms with Crippen LogP contribution < -0.4 is 10.6 Å². The van der Waals surface area contributed by atoms with Crippen molar-refractivity contribution in [1.82, 2.24) is 15.5 Å². The van der Waals surface area contributed by atoms with Crippen LogP contribution in [0.2, 0.25) is 0 Å². The molecule has 0 aromatic heterocycles. The molecule has 1 saturated heterocycles. The lowest BCUT2D eigenvalue weighted by atomic mass is 9.80. The van der Waals surface area contributed by atoms with Gasteiger partial charge in [0.2, 0.25) is 0 Å². The summed E-state index contributed by atoms with van der Waals surface area (Å²) in [4.78, 5) is 7.15. The molecule has 0 bridgehead atoms. The molecule has 7 heteroatoms. The Morgan fingerprint density at radius 3 is 2.48 bits per heavy atom. The molecule has 0 aromatic rings. The van der Waals surface area contributed by atoms with Gasteiger partial charge in [-0.25, -0.2) is 0 Å². The summed E-state index contributed by atoms with van der Waals surface area (Å²) in [5, 5.41) is 7.04. The van der Waals surface area contributed by atoms with Gasteiger partial charge in [-0.1, -0.05) is 19.3 Å². The second-order valence-corrected chi connectivity index (χ2v) is 8.44. The number of hydrogen-bond donors (Lipinski definition) is 2. The number of nitrogens with one attached hydrogen (secondary N) is 2. The first-order chi connectivity index (χ1) is 10.8. The van der Waals surface area contributed by atoms with Gasteiger partial charge in [0.1, 0.15) is 0 Å². The van der Waals surface area contributed by atoms with Crippen molar-refractivity contribution in [3.63, 3.8) is 0 Å². The first-order valence-electron chi connectivity index (χ1n) is 8.57. The second-order valence-electron chi connectivity index (χ2n) is 6.23. The maximum absolute atomic E-state index is 4.38. The van der Waals surface area contributed by atoms with Gasteiger partial charge in [0.25, 0.3) is 0 Å². The smallest absolute Gasteiger partial charge is 0.191 e. The van der Waals surface area contributed by atoms with E-state index >= 15 is 0 Å². The molecule has 2 N–H and O–H groups in total. The molecule has 0 amide bonds. The van der Waals surface area contributed by atoms with Crippen molar-refractivity contribution in [2.45, 2.75) is 37.6 Å². The number of aliphatic imine (C=N–C) groups is 1. The topological polar surface area (TPSA) is 39.7 Å². The third kappa shape index (κ3) is 6.82. The van der Waals surface area contributed by atoms with Gasteiger partial charge in [0, 0.05) is 56.0 Å². The summed E-state index contributed by atoms with van der Waals surface area (Å²) in [6.07, 6.45) is 8.99. The van der Waals surface area contributed by atoms with E-state index in [4.69, 9.17) is 0 Å². The van der Waals surface area contributed by atoms with Crippen LogP contribution in [0.25, 0.3) is 0 Å². The average molecular weight is 473 g/mol. The number of hydrogen-bond acceptors (Lipinski definition) is 4. The fourth-order valence-corrected chi connectivity index (χ4v) is 4.80. The predicted octanol–water partition coefficient (Wildman–Crippen LogP) is 2.88. The monoisotopic (exact) mass is 472 g/mol. The van der Waals surface area contributed by atoms with E-state index in [2.05, 4.69) is 38.5 Å². The zero-order valence-electron chi connectivity index (χ0n) is 14.6. The summed E-state index contributed by atoms with van der Waals surface area (Å²) >= 11 is 3.97. The highest BCUT2D eigenvalue weighted by Crippen LogP contribution is 2.34. The molecule has 2 rings (SSSR count). The van der Waals surface area contributed by atoms with E-state index in [1.807, 2.05) is 18.8 Å². The Labute approximate surface area is 167 Å². The molecule has 0 atom stereocenters. The van der Waals surface area contributed by atoms with Crippen LogP contribution in [0.4, 0.5) is 0 Å². The highest BCUT2D eigenvalue weighted by Gasteiger charge is 2.38. The van der Waals surface area contributed by atoms with Crippen molar-refractivity contribution >= 4 is 53.5 Å². The van der Waals surface area contributed by atoms with Gasteiger partial charge in [-0.15, -0.1) is 24.0 Å². The zero-order valence-corrected chi connectivity index (χ0v) is 18.6. The molecule has 2 fully saturated rings. The third-order valence-corrected chi connectivity index (χ3v) is 6.43. The van der Waals surface area contributed by atoms with Gasteiger partial charge < -0.3 is 10.6 Å². The number of thioether (sulfide) groups is 2. The summed E-state index contributed by atoms with van der Waals surface area (Å²) in [6, 6.07) is 0. The molecule has 0 unspecified atom stereocenters. The van der Waals surface area contributed by atoms with Gasteiger partial charge in [0.05, 0.1) is 0 Å². The number of nitrogens with zero attached hydrogens (tertiary/aromatic N) is 2. The van der Waals surface area contributed by atoms with E-state index in [1.165, 1.54) is 56.7 Å². The average Bonchev–Trinajstić information content (AvgIpc) is 2.59. The largest absolute Gasteiger partial charge is 0.356 e. The standard InChI is InChI=1S/C16H32N4S2.HI/c1-17-15(18-8-11-21-2)19-14-16(6-4-3-5-7-16)20-9-12-22-13-10-20;/h3-14H2,1-2H3,(H2,17,18,19);1H. The molecule has 1 heterocycles. The Bertz CT molecular complexity index is 343. The molecular formula is C16H33IN4S2. The third-order valence-electron chi connectivity index (χ3n) is 4.87. The van der Waals surface area contributed by atoms with Crippen molar-refractivity contribution in [2.24, 2.45) is 4.99 Å². The van der Waals surface area contributed by atoms with Crippen molar-refractivity contribution in [3.8, 4) is 0 Å². The van der Waals surface area contributed by atoms with E-state index in [1.54, 1.807) is 0 Å². The van der Waals surface area contributed by atoms with Crippen molar-refractivity contribution in [3.05, 3.63) is 0 Å². The molecule has 23 heavy (non-hydrogen) atoms. The van der Waals surface area contributed by atoms with Crippen molar-refractivity contribution in [2.75, 3.05) is 56.7 Å². The van der Waals surface area contributed by atoms with Gasteiger partial charge in [-0.05, 0) is 19.1 Å². The van der Waals surface area contributed by atoms with E-state index in [9.17, 15) is 0 Å². The predicted molar refractivity (Wildman–Crippen MR) is 118 cm³/mol. The van der Waals surface area contributed by atoms with E-state index in [0.29, 0.717) is 5.54 Å². The van der Waals surface area contributed by atoms with Crippen LogP contribution in [0.5, 0.6) is 0 Å². The normalized spacial score (nSPS) is 22.3. The van der Waals surface area contributed by atoms with E-state index in [-0.39, 0.29) is 24.0 Å². The maximum Gasteiger partial charge on any atom is 0.191 e. The maximum atomic E-state index is 4.38. The molecule has 4 nitrogen and oxygen atoms in total. The fourth-order valence-electron chi connectivity index (χ4n) is 3.59. The van der Waals surface area contributed by atoms with Crippen molar-refractivity contribution < 1.29 is 0 Å². The Balaban J connectivity index is 0.00000264. The van der Waals surface area contributed by atoms with Crippen LogP contribution in [0.15, 0.2) is 4.99 Å². The molecule has 0 radical (unpaired) electrons. The molecule has 1 aliphatic heterocycles. The molecule has 2 aliphatic rings. The number of halogens is 1. The van der Waals surface area contributed by atoms with Crippen LogP contribution in [-0.2, 0) is 0 Å². The zero-order chi connectivity index (χ0) is 15.7.